The van der Waals surface area contributed by atoms with Gasteiger partial charge >= 0.3 is 0 Å². The number of rotatable bonds is 4. The standard InChI is InChI=1S/C15H13NO3/c1-17-13-7-14(18-2)9-15(8-13)19-12-5-3-11(10-16)4-6-12/h3-9H,1-2H3. The second-order valence-corrected chi connectivity index (χ2v) is 3.79. The van der Waals surface area contributed by atoms with Gasteiger partial charge in [0.15, 0.2) is 0 Å². The maximum Gasteiger partial charge on any atom is 0.134 e. The van der Waals surface area contributed by atoms with Crippen LogP contribution in [0.3, 0.4) is 0 Å². The molecule has 0 atom stereocenters. The maximum atomic E-state index is 8.73. The highest BCUT2D eigenvalue weighted by Crippen LogP contribution is 2.30. The van der Waals surface area contributed by atoms with Gasteiger partial charge in [-0.1, -0.05) is 0 Å². The van der Waals surface area contributed by atoms with Crippen LogP contribution in [0.5, 0.6) is 23.0 Å². The van der Waals surface area contributed by atoms with E-state index in [1.807, 2.05) is 0 Å². The fourth-order valence-electron chi connectivity index (χ4n) is 1.57. The number of nitrogens with zero attached hydrogens (tertiary/aromatic N) is 1. The summed E-state index contributed by atoms with van der Waals surface area (Å²) in [4.78, 5) is 0. The molecule has 0 radical (unpaired) electrons. The average molecular weight is 255 g/mol. The summed E-state index contributed by atoms with van der Waals surface area (Å²) in [7, 11) is 3.17. The Morgan fingerprint density at radius 2 is 1.32 bits per heavy atom. The molecular weight excluding hydrogens is 242 g/mol. The van der Waals surface area contributed by atoms with Crippen molar-refractivity contribution >= 4 is 0 Å². The lowest BCUT2D eigenvalue weighted by Crippen LogP contribution is -1.90. The number of methoxy groups -OCH3 is 2. The molecule has 0 aliphatic carbocycles. The predicted octanol–water partition coefficient (Wildman–Crippen LogP) is 3.37. The molecule has 0 fully saturated rings. The summed E-state index contributed by atoms with van der Waals surface area (Å²) in [6.07, 6.45) is 0. The van der Waals surface area contributed by atoms with Crippen LogP contribution in [-0.4, -0.2) is 14.2 Å². The first kappa shape index (κ1) is 12.8. The Hall–Kier alpha value is -2.67. The topological polar surface area (TPSA) is 51.5 Å². The largest absolute Gasteiger partial charge is 0.496 e. The van der Waals surface area contributed by atoms with Crippen molar-refractivity contribution < 1.29 is 14.2 Å². The highest BCUT2D eigenvalue weighted by Gasteiger charge is 2.04. The van der Waals surface area contributed by atoms with Crippen molar-refractivity contribution in [2.24, 2.45) is 0 Å². The van der Waals surface area contributed by atoms with Gasteiger partial charge in [0.25, 0.3) is 0 Å². The summed E-state index contributed by atoms with van der Waals surface area (Å²) in [5.74, 6) is 2.57. The van der Waals surface area contributed by atoms with Crippen molar-refractivity contribution in [1.29, 1.82) is 5.26 Å². The Balaban J connectivity index is 2.24. The lowest BCUT2D eigenvalue weighted by Gasteiger charge is -2.09. The zero-order valence-electron chi connectivity index (χ0n) is 10.7. The van der Waals surface area contributed by atoms with E-state index in [9.17, 15) is 0 Å². The summed E-state index contributed by atoms with van der Waals surface area (Å²) >= 11 is 0. The number of hydrogen-bond donors (Lipinski definition) is 0. The molecule has 0 aromatic heterocycles. The summed E-state index contributed by atoms with van der Waals surface area (Å²) < 4.78 is 16.0. The zero-order valence-corrected chi connectivity index (χ0v) is 10.7. The van der Waals surface area contributed by atoms with E-state index in [1.165, 1.54) is 0 Å². The summed E-state index contributed by atoms with van der Waals surface area (Å²) in [5, 5.41) is 8.73. The Bertz CT molecular complexity index is 578. The van der Waals surface area contributed by atoms with E-state index in [0.29, 0.717) is 28.6 Å². The van der Waals surface area contributed by atoms with E-state index in [0.717, 1.165) is 0 Å². The quantitative estimate of drug-likeness (QED) is 0.840. The van der Waals surface area contributed by atoms with E-state index in [4.69, 9.17) is 19.5 Å². The minimum atomic E-state index is 0.593. The highest BCUT2D eigenvalue weighted by molar-refractivity contribution is 5.44. The van der Waals surface area contributed by atoms with E-state index in [2.05, 4.69) is 6.07 Å². The van der Waals surface area contributed by atoms with Gasteiger partial charge in [-0.3, -0.25) is 0 Å². The predicted molar refractivity (Wildman–Crippen MR) is 70.8 cm³/mol. The van der Waals surface area contributed by atoms with Crippen molar-refractivity contribution in [1.82, 2.24) is 0 Å². The second-order valence-electron chi connectivity index (χ2n) is 3.79. The van der Waals surface area contributed by atoms with Crippen LogP contribution in [0.1, 0.15) is 5.56 Å². The number of nitriles is 1. The normalized spacial score (nSPS) is 9.53. The van der Waals surface area contributed by atoms with Gasteiger partial charge in [-0.15, -0.1) is 0 Å². The molecule has 0 spiro atoms. The van der Waals surface area contributed by atoms with E-state index < -0.39 is 0 Å². The highest BCUT2D eigenvalue weighted by atomic mass is 16.5. The molecule has 0 amide bonds. The zero-order chi connectivity index (χ0) is 13.7. The molecule has 2 aromatic carbocycles. The van der Waals surface area contributed by atoms with Crippen molar-refractivity contribution in [3.63, 3.8) is 0 Å². The molecule has 4 heteroatoms. The smallest absolute Gasteiger partial charge is 0.134 e. The Morgan fingerprint density at radius 1 is 0.789 bits per heavy atom. The maximum absolute atomic E-state index is 8.73. The van der Waals surface area contributed by atoms with Gasteiger partial charge < -0.3 is 14.2 Å². The first-order valence-corrected chi connectivity index (χ1v) is 5.66. The summed E-state index contributed by atoms with van der Waals surface area (Å²) in [6.45, 7) is 0. The summed E-state index contributed by atoms with van der Waals surface area (Å²) in [5.41, 5.74) is 0.593. The van der Waals surface area contributed by atoms with Crippen molar-refractivity contribution in [3.05, 3.63) is 48.0 Å². The monoisotopic (exact) mass is 255 g/mol. The number of hydrogen-bond acceptors (Lipinski definition) is 4. The third kappa shape index (κ3) is 3.17. The van der Waals surface area contributed by atoms with Gasteiger partial charge in [0, 0.05) is 18.2 Å². The van der Waals surface area contributed by atoms with Gasteiger partial charge in [-0.25, -0.2) is 0 Å². The van der Waals surface area contributed by atoms with Gasteiger partial charge in [0.1, 0.15) is 23.0 Å². The molecule has 2 aromatic rings. The van der Waals surface area contributed by atoms with Crippen LogP contribution in [0, 0.1) is 11.3 Å². The van der Waals surface area contributed by atoms with Crippen LogP contribution in [-0.2, 0) is 0 Å². The molecule has 4 nitrogen and oxygen atoms in total. The SMILES string of the molecule is COc1cc(OC)cc(Oc2ccc(C#N)cc2)c1. The number of benzene rings is 2. The number of ether oxygens (including phenoxy) is 3. The van der Waals surface area contributed by atoms with E-state index in [-0.39, 0.29) is 0 Å². The molecule has 0 saturated heterocycles. The fraction of sp³-hybridized carbons (Fsp3) is 0.133. The molecule has 0 saturated carbocycles. The van der Waals surface area contributed by atoms with Gasteiger partial charge in [0.2, 0.25) is 0 Å². The van der Waals surface area contributed by atoms with Crippen LogP contribution >= 0.6 is 0 Å². The van der Waals surface area contributed by atoms with Crippen LogP contribution in [0.2, 0.25) is 0 Å². The van der Waals surface area contributed by atoms with Crippen LogP contribution in [0.25, 0.3) is 0 Å². The van der Waals surface area contributed by atoms with Gasteiger partial charge in [-0.2, -0.15) is 5.26 Å². The molecule has 0 aliphatic heterocycles. The molecule has 2 rings (SSSR count). The Kier molecular flexibility index (Phi) is 3.89. The van der Waals surface area contributed by atoms with Gasteiger partial charge in [0.05, 0.1) is 25.9 Å². The molecule has 19 heavy (non-hydrogen) atoms. The van der Waals surface area contributed by atoms with Crippen LogP contribution in [0.4, 0.5) is 0 Å². The summed E-state index contributed by atoms with van der Waals surface area (Å²) in [6, 6.07) is 14.2. The first-order chi connectivity index (χ1) is 9.25. The average Bonchev–Trinajstić information content (AvgIpc) is 2.47. The Morgan fingerprint density at radius 3 is 1.79 bits per heavy atom. The molecular formula is C15H13NO3. The second kappa shape index (κ2) is 5.78. The minimum Gasteiger partial charge on any atom is -0.496 e. The van der Waals surface area contributed by atoms with E-state index in [1.54, 1.807) is 56.7 Å². The van der Waals surface area contributed by atoms with Crippen molar-refractivity contribution in [2.75, 3.05) is 14.2 Å². The first-order valence-electron chi connectivity index (χ1n) is 5.66. The van der Waals surface area contributed by atoms with Crippen molar-refractivity contribution in [2.45, 2.75) is 0 Å². The fourth-order valence-corrected chi connectivity index (χ4v) is 1.57. The molecule has 96 valence electrons. The Labute approximate surface area is 111 Å². The van der Waals surface area contributed by atoms with Crippen LogP contribution in [0.15, 0.2) is 42.5 Å². The molecule has 0 aliphatic rings. The lowest BCUT2D eigenvalue weighted by atomic mass is 10.2. The third-order valence-electron chi connectivity index (χ3n) is 2.54. The third-order valence-corrected chi connectivity index (χ3v) is 2.54. The van der Waals surface area contributed by atoms with Crippen LogP contribution < -0.4 is 14.2 Å². The van der Waals surface area contributed by atoms with Gasteiger partial charge in [-0.05, 0) is 24.3 Å². The molecule has 0 N–H and O–H groups in total. The molecule has 0 bridgehead atoms. The van der Waals surface area contributed by atoms with E-state index >= 15 is 0 Å². The molecule has 0 unspecified atom stereocenters. The molecule has 0 heterocycles. The van der Waals surface area contributed by atoms with Crippen molar-refractivity contribution in [3.8, 4) is 29.1 Å². The lowest BCUT2D eigenvalue weighted by molar-refractivity contribution is 0.386. The minimum absolute atomic E-state index is 0.593.